The van der Waals surface area contributed by atoms with Crippen LogP contribution in [0.15, 0.2) is 35.0 Å². The van der Waals surface area contributed by atoms with Crippen molar-refractivity contribution in [3.63, 3.8) is 0 Å². The molecule has 0 aliphatic carbocycles. The summed E-state index contributed by atoms with van der Waals surface area (Å²) in [7, 11) is 0. The molecule has 0 N–H and O–H groups in total. The highest BCUT2D eigenvalue weighted by molar-refractivity contribution is 7.17. The van der Waals surface area contributed by atoms with E-state index in [1.165, 1.54) is 11.5 Å². The van der Waals surface area contributed by atoms with Crippen molar-refractivity contribution in [1.82, 2.24) is 9.59 Å². The summed E-state index contributed by atoms with van der Waals surface area (Å²) in [6.07, 6.45) is 0. The van der Waals surface area contributed by atoms with Crippen molar-refractivity contribution in [2.75, 3.05) is 0 Å². The van der Waals surface area contributed by atoms with Crippen molar-refractivity contribution in [1.29, 1.82) is 0 Å². The zero-order chi connectivity index (χ0) is 11.0. The Kier molecular flexibility index (Phi) is 2.27. The maximum atomic E-state index is 12.1. The lowest BCUT2D eigenvalue weighted by atomic mass is 10.1. The molecular formula is C11H6N2OS2. The topological polar surface area (TPSA) is 42.9 Å². The van der Waals surface area contributed by atoms with Crippen molar-refractivity contribution < 1.29 is 4.79 Å². The summed E-state index contributed by atoms with van der Waals surface area (Å²) in [6, 6.07) is 7.74. The average Bonchev–Trinajstić information content (AvgIpc) is 2.98. The molecule has 2 heterocycles. The van der Waals surface area contributed by atoms with E-state index >= 15 is 0 Å². The summed E-state index contributed by atoms with van der Waals surface area (Å²) in [5, 5.41) is 8.57. The number of carbonyl (C=O) groups is 1. The van der Waals surface area contributed by atoms with E-state index in [1.54, 1.807) is 16.7 Å². The van der Waals surface area contributed by atoms with Crippen LogP contribution in [0.1, 0.15) is 16.1 Å². The Morgan fingerprint density at radius 2 is 2.19 bits per heavy atom. The molecule has 0 saturated carbocycles. The molecule has 1 aromatic carbocycles. The van der Waals surface area contributed by atoms with Gasteiger partial charge in [0.25, 0.3) is 0 Å². The van der Waals surface area contributed by atoms with Gasteiger partial charge in [-0.2, -0.15) is 0 Å². The molecular weight excluding hydrogens is 240 g/mol. The lowest BCUT2D eigenvalue weighted by Gasteiger charge is -1.98. The van der Waals surface area contributed by atoms with Crippen molar-refractivity contribution in [3.05, 3.63) is 46.3 Å². The zero-order valence-electron chi connectivity index (χ0n) is 8.08. The maximum Gasteiger partial charge on any atom is 0.215 e. The van der Waals surface area contributed by atoms with Crippen LogP contribution < -0.4 is 0 Å². The summed E-state index contributed by atoms with van der Waals surface area (Å²) < 4.78 is 4.73. The highest BCUT2D eigenvalue weighted by atomic mass is 32.1. The number of hydrogen-bond acceptors (Lipinski definition) is 5. The van der Waals surface area contributed by atoms with Gasteiger partial charge in [0.1, 0.15) is 5.69 Å². The van der Waals surface area contributed by atoms with Crippen molar-refractivity contribution in [3.8, 4) is 0 Å². The van der Waals surface area contributed by atoms with Gasteiger partial charge in [-0.15, -0.1) is 16.4 Å². The predicted octanol–water partition coefficient (Wildman–Crippen LogP) is 2.98. The molecule has 0 atom stereocenters. The van der Waals surface area contributed by atoms with Crippen LogP contribution in [0.2, 0.25) is 0 Å². The van der Waals surface area contributed by atoms with Crippen LogP contribution in [0.3, 0.4) is 0 Å². The van der Waals surface area contributed by atoms with Crippen LogP contribution in [-0.4, -0.2) is 15.4 Å². The first-order chi connectivity index (χ1) is 7.86. The van der Waals surface area contributed by atoms with Gasteiger partial charge in [0.15, 0.2) is 0 Å². The Bertz CT molecular complexity index is 643. The highest BCUT2D eigenvalue weighted by Gasteiger charge is 2.15. The van der Waals surface area contributed by atoms with Crippen LogP contribution in [0.4, 0.5) is 0 Å². The summed E-state index contributed by atoms with van der Waals surface area (Å²) in [5.74, 6) is -0.0539. The number of carbonyl (C=O) groups excluding carboxylic acids is 1. The fourth-order valence-corrected chi connectivity index (χ4v) is 2.92. The Hall–Kier alpha value is -1.59. The Morgan fingerprint density at radius 1 is 1.25 bits per heavy atom. The minimum atomic E-state index is -0.0539. The van der Waals surface area contributed by atoms with Gasteiger partial charge in [0.05, 0.1) is 0 Å². The Balaban J connectivity index is 2.19. The first kappa shape index (κ1) is 9.62. The van der Waals surface area contributed by atoms with Gasteiger partial charge in [-0.3, -0.25) is 4.79 Å². The molecule has 0 aliphatic rings. The van der Waals surface area contributed by atoms with Gasteiger partial charge in [-0.1, -0.05) is 16.6 Å². The molecule has 0 unspecified atom stereocenters. The monoisotopic (exact) mass is 246 g/mol. The quantitative estimate of drug-likeness (QED) is 0.653. The number of fused-ring (bicyclic) bond motifs is 1. The fourth-order valence-electron chi connectivity index (χ4n) is 1.57. The summed E-state index contributed by atoms with van der Waals surface area (Å²) in [6.45, 7) is 0. The average molecular weight is 246 g/mol. The van der Waals surface area contributed by atoms with Gasteiger partial charge in [-0.25, -0.2) is 0 Å². The van der Waals surface area contributed by atoms with Gasteiger partial charge in [0.2, 0.25) is 5.78 Å². The minimum Gasteiger partial charge on any atom is -0.287 e. The highest BCUT2D eigenvalue weighted by Crippen LogP contribution is 2.26. The van der Waals surface area contributed by atoms with Crippen molar-refractivity contribution >= 4 is 38.7 Å². The van der Waals surface area contributed by atoms with Crippen LogP contribution in [0, 0.1) is 0 Å². The molecule has 3 nitrogen and oxygen atoms in total. The Labute approximate surface area is 99.5 Å². The molecule has 3 aromatic rings. The maximum absolute atomic E-state index is 12.1. The number of ketones is 1. The third kappa shape index (κ3) is 1.45. The number of rotatable bonds is 2. The second kappa shape index (κ2) is 3.77. The molecule has 0 radical (unpaired) electrons. The standard InChI is InChI=1S/C11H6N2OS2/c14-10(9-6-16-13-12-9)8-3-1-2-7-4-5-15-11(7)8/h1-6H. The van der Waals surface area contributed by atoms with E-state index < -0.39 is 0 Å². The SMILES string of the molecule is O=C(c1csnn1)c1cccc2ccsc12. The van der Waals surface area contributed by atoms with Crippen LogP contribution in [-0.2, 0) is 0 Å². The molecule has 0 saturated heterocycles. The van der Waals surface area contributed by atoms with Crippen LogP contribution in [0.5, 0.6) is 0 Å². The molecule has 0 spiro atoms. The molecule has 0 aliphatic heterocycles. The summed E-state index contributed by atoms with van der Waals surface area (Å²) in [5.41, 5.74) is 1.13. The van der Waals surface area contributed by atoms with Gasteiger partial charge < -0.3 is 0 Å². The predicted molar refractivity (Wildman–Crippen MR) is 65.2 cm³/mol. The molecule has 16 heavy (non-hydrogen) atoms. The van der Waals surface area contributed by atoms with Gasteiger partial charge >= 0.3 is 0 Å². The molecule has 5 heteroatoms. The third-order valence-electron chi connectivity index (χ3n) is 2.32. The summed E-state index contributed by atoms with van der Waals surface area (Å²) in [4.78, 5) is 12.1. The normalized spacial score (nSPS) is 10.8. The van der Waals surface area contributed by atoms with E-state index in [-0.39, 0.29) is 5.78 Å². The van der Waals surface area contributed by atoms with E-state index in [0.717, 1.165) is 10.1 Å². The van der Waals surface area contributed by atoms with E-state index in [4.69, 9.17) is 0 Å². The zero-order valence-corrected chi connectivity index (χ0v) is 9.72. The van der Waals surface area contributed by atoms with Crippen LogP contribution >= 0.6 is 22.9 Å². The van der Waals surface area contributed by atoms with E-state index in [9.17, 15) is 4.79 Å². The molecule has 3 rings (SSSR count). The summed E-state index contributed by atoms with van der Waals surface area (Å²) >= 11 is 2.77. The van der Waals surface area contributed by atoms with Gasteiger partial charge in [0, 0.05) is 15.6 Å². The van der Waals surface area contributed by atoms with Crippen molar-refractivity contribution in [2.45, 2.75) is 0 Å². The molecule has 2 aromatic heterocycles. The number of nitrogens with zero attached hydrogens (tertiary/aromatic N) is 2. The lowest BCUT2D eigenvalue weighted by molar-refractivity contribution is 0.103. The van der Waals surface area contributed by atoms with E-state index in [0.29, 0.717) is 11.3 Å². The second-order valence-corrected chi connectivity index (χ2v) is 4.79. The smallest absolute Gasteiger partial charge is 0.215 e. The first-order valence-corrected chi connectivity index (χ1v) is 6.36. The lowest BCUT2D eigenvalue weighted by Crippen LogP contribution is -2.01. The number of benzene rings is 1. The molecule has 0 bridgehead atoms. The first-order valence-electron chi connectivity index (χ1n) is 4.64. The second-order valence-electron chi connectivity index (χ2n) is 3.26. The van der Waals surface area contributed by atoms with E-state index in [1.807, 2.05) is 29.6 Å². The molecule has 0 amide bonds. The number of hydrogen-bond donors (Lipinski definition) is 0. The molecule has 0 fully saturated rings. The van der Waals surface area contributed by atoms with E-state index in [2.05, 4.69) is 9.59 Å². The van der Waals surface area contributed by atoms with Crippen LogP contribution in [0.25, 0.3) is 10.1 Å². The largest absolute Gasteiger partial charge is 0.287 e. The third-order valence-corrected chi connectivity index (χ3v) is 3.78. The Morgan fingerprint density at radius 3 is 3.00 bits per heavy atom. The fraction of sp³-hybridized carbons (Fsp3) is 0. The molecule has 78 valence electrons. The van der Waals surface area contributed by atoms with Crippen molar-refractivity contribution in [2.24, 2.45) is 0 Å². The number of aromatic nitrogens is 2. The number of thiophene rings is 1. The van der Waals surface area contributed by atoms with Gasteiger partial charge in [-0.05, 0) is 34.4 Å². The minimum absolute atomic E-state index is 0.0539.